The molecule has 1 amide bonds. The van der Waals surface area contributed by atoms with Gasteiger partial charge in [0.25, 0.3) is 0 Å². The van der Waals surface area contributed by atoms with Crippen LogP contribution in [0.1, 0.15) is 72.3 Å². The number of fused-ring (bicyclic) bond motifs is 1. The minimum atomic E-state index is -0.216. The molecule has 2 aliphatic rings. The number of hydrogen-bond acceptors (Lipinski definition) is 2. The number of allylic oxidation sites excluding steroid dienone is 2. The van der Waals surface area contributed by atoms with Crippen LogP contribution in [0.3, 0.4) is 0 Å². The molecule has 31 heavy (non-hydrogen) atoms. The number of carbonyl (C=O) groups is 1. The monoisotopic (exact) mass is 423 g/mol. The molecule has 1 aromatic rings. The van der Waals surface area contributed by atoms with Crippen LogP contribution in [0, 0.1) is 29.1 Å². The third-order valence-electron chi connectivity index (χ3n) is 8.18. The first kappa shape index (κ1) is 23.8. The molecule has 1 aromatic carbocycles. The van der Waals surface area contributed by atoms with Gasteiger partial charge in [0.1, 0.15) is 0 Å². The van der Waals surface area contributed by atoms with Gasteiger partial charge in [0.15, 0.2) is 0 Å². The maximum atomic E-state index is 12.6. The van der Waals surface area contributed by atoms with Crippen LogP contribution in [-0.4, -0.2) is 17.1 Å². The van der Waals surface area contributed by atoms with Crippen LogP contribution in [0.4, 0.5) is 5.69 Å². The van der Waals surface area contributed by atoms with Crippen LogP contribution in [0.15, 0.2) is 48.1 Å². The van der Waals surface area contributed by atoms with Crippen molar-refractivity contribution in [2.24, 2.45) is 29.1 Å². The van der Waals surface area contributed by atoms with Crippen molar-refractivity contribution in [1.82, 2.24) is 0 Å². The number of carbonyl (C=O) groups excluding carboxylic acids is 1. The smallest absolute Gasteiger partial charge is 0.248 e. The van der Waals surface area contributed by atoms with Gasteiger partial charge >= 0.3 is 0 Å². The summed E-state index contributed by atoms with van der Waals surface area (Å²) in [6.07, 6.45) is 7.47. The first-order valence-electron chi connectivity index (χ1n) is 12.1. The van der Waals surface area contributed by atoms with Crippen LogP contribution in [-0.2, 0) is 11.2 Å². The molecule has 0 heterocycles. The van der Waals surface area contributed by atoms with Gasteiger partial charge in [0.05, 0.1) is 6.10 Å². The van der Waals surface area contributed by atoms with E-state index in [2.05, 4.69) is 52.6 Å². The molecule has 0 spiro atoms. The van der Waals surface area contributed by atoms with E-state index in [1.54, 1.807) is 6.08 Å². The van der Waals surface area contributed by atoms with Crippen molar-refractivity contribution in [1.29, 1.82) is 0 Å². The third-order valence-corrected chi connectivity index (χ3v) is 8.18. The molecule has 3 rings (SSSR count). The Morgan fingerprint density at radius 3 is 2.74 bits per heavy atom. The summed E-state index contributed by atoms with van der Waals surface area (Å²) in [4.78, 5) is 12.6. The molecule has 0 aromatic heterocycles. The zero-order chi connectivity index (χ0) is 22.8. The Morgan fingerprint density at radius 2 is 2.03 bits per heavy atom. The molecule has 2 saturated carbocycles. The number of nitrogens with one attached hydrogen (secondary N) is 1. The van der Waals surface area contributed by atoms with Gasteiger partial charge in [-0.05, 0) is 86.2 Å². The molecule has 5 atom stereocenters. The zero-order valence-corrected chi connectivity index (χ0v) is 20.1. The lowest BCUT2D eigenvalue weighted by atomic mass is 9.50. The highest BCUT2D eigenvalue weighted by molar-refractivity contribution is 6.00. The Balaban J connectivity index is 1.66. The SMILES string of the molecule is C=C1CCC2C(C(C)CC(O)C2(C)C)C1CC/C(C)=C/C(=O)Nc1ccccc1CC. The van der Waals surface area contributed by atoms with Crippen molar-refractivity contribution in [3.8, 4) is 0 Å². The topological polar surface area (TPSA) is 49.3 Å². The number of para-hydroxylation sites is 1. The van der Waals surface area contributed by atoms with Crippen LogP contribution < -0.4 is 5.32 Å². The van der Waals surface area contributed by atoms with Gasteiger partial charge in [-0.2, -0.15) is 0 Å². The van der Waals surface area contributed by atoms with Gasteiger partial charge in [-0.15, -0.1) is 0 Å². The molecular weight excluding hydrogens is 382 g/mol. The molecule has 0 aliphatic heterocycles. The minimum Gasteiger partial charge on any atom is -0.393 e. The number of hydrogen-bond donors (Lipinski definition) is 2. The number of rotatable bonds is 6. The predicted molar refractivity (Wildman–Crippen MR) is 130 cm³/mol. The predicted octanol–water partition coefficient (Wildman–Crippen LogP) is 6.54. The van der Waals surface area contributed by atoms with E-state index >= 15 is 0 Å². The highest BCUT2D eigenvalue weighted by atomic mass is 16.3. The fourth-order valence-corrected chi connectivity index (χ4v) is 6.19. The first-order valence-corrected chi connectivity index (χ1v) is 12.1. The Bertz CT molecular complexity index is 837. The zero-order valence-electron chi connectivity index (χ0n) is 20.1. The average molecular weight is 424 g/mol. The van der Waals surface area contributed by atoms with Gasteiger partial charge in [0, 0.05) is 11.8 Å². The second kappa shape index (κ2) is 9.73. The minimum absolute atomic E-state index is 0.0342. The summed E-state index contributed by atoms with van der Waals surface area (Å²) in [6, 6.07) is 7.99. The van der Waals surface area contributed by atoms with Crippen molar-refractivity contribution in [3.05, 3.63) is 53.6 Å². The molecule has 0 bridgehead atoms. The molecule has 2 aliphatic carbocycles. The highest BCUT2D eigenvalue weighted by Gasteiger charge is 2.51. The maximum Gasteiger partial charge on any atom is 0.248 e. The van der Waals surface area contributed by atoms with Gasteiger partial charge in [0.2, 0.25) is 5.91 Å². The summed E-state index contributed by atoms with van der Waals surface area (Å²) in [7, 11) is 0. The van der Waals surface area contributed by atoms with E-state index in [-0.39, 0.29) is 17.4 Å². The Labute approximate surface area is 189 Å². The Kier molecular flexibility index (Phi) is 7.47. The number of aliphatic hydroxyl groups excluding tert-OH is 1. The number of anilines is 1. The van der Waals surface area contributed by atoms with Gasteiger partial charge in [-0.3, -0.25) is 4.79 Å². The lowest BCUT2D eigenvalue weighted by molar-refractivity contribution is -0.112. The lowest BCUT2D eigenvalue weighted by Gasteiger charge is -2.55. The van der Waals surface area contributed by atoms with Crippen molar-refractivity contribution >= 4 is 11.6 Å². The standard InChI is InChI=1S/C28H41NO2/c1-7-21-10-8-9-11-24(21)29-26(31)16-18(2)12-14-22-19(3)13-15-23-27(22)20(4)17-25(30)28(23,5)6/h8-11,16,20,22-23,25,27,30H,3,7,12-15,17H2,1-2,4-6H3,(H,29,31)/b18-16+. The summed E-state index contributed by atoms with van der Waals surface area (Å²) in [6.45, 7) is 15.4. The molecule has 170 valence electrons. The number of aliphatic hydroxyl groups is 1. The fourth-order valence-electron chi connectivity index (χ4n) is 6.19. The quantitative estimate of drug-likeness (QED) is 0.403. The normalized spacial score (nSPS) is 30.6. The summed E-state index contributed by atoms with van der Waals surface area (Å²) in [5.41, 5.74) is 4.51. The Hall–Kier alpha value is -1.87. The summed E-state index contributed by atoms with van der Waals surface area (Å²) < 4.78 is 0. The van der Waals surface area contributed by atoms with Crippen LogP contribution in [0.2, 0.25) is 0 Å². The molecule has 5 unspecified atom stereocenters. The van der Waals surface area contributed by atoms with Gasteiger partial charge < -0.3 is 10.4 Å². The lowest BCUT2D eigenvalue weighted by Crippen LogP contribution is -2.52. The third kappa shape index (κ3) is 5.14. The summed E-state index contributed by atoms with van der Waals surface area (Å²) in [5.74, 6) is 2.06. The van der Waals surface area contributed by atoms with Crippen molar-refractivity contribution in [2.45, 2.75) is 79.2 Å². The maximum absolute atomic E-state index is 12.6. The van der Waals surface area contributed by atoms with Gasteiger partial charge in [-0.1, -0.05) is 63.6 Å². The Morgan fingerprint density at radius 1 is 1.32 bits per heavy atom. The molecule has 2 fully saturated rings. The van der Waals surface area contributed by atoms with E-state index in [0.29, 0.717) is 23.7 Å². The van der Waals surface area contributed by atoms with Crippen molar-refractivity contribution in [3.63, 3.8) is 0 Å². The highest BCUT2D eigenvalue weighted by Crippen LogP contribution is 2.56. The number of amides is 1. The van der Waals surface area contributed by atoms with E-state index in [0.717, 1.165) is 55.3 Å². The van der Waals surface area contributed by atoms with E-state index in [1.807, 2.05) is 18.2 Å². The van der Waals surface area contributed by atoms with Crippen LogP contribution in [0.25, 0.3) is 0 Å². The first-order chi connectivity index (χ1) is 14.6. The molecule has 0 radical (unpaired) electrons. The van der Waals surface area contributed by atoms with Crippen LogP contribution in [0.5, 0.6) is 0 Å². The second-order valence-electron chi connectivity index (χ2n) is 10.6. The number of aryl methyl sites for hydroxylation is 1. The van der Waals surface area contributed by atoms with E-state index < -0.39 is 0 Å². The fraction of sp³-hybridized carbons (Fsp3) is 0.607. The van der Waals surface area contributed by atoms with E-state index in [9.17, 15) is 9.90 Å². The van der Waals surface area contributed by atoms with Crippen molar-refractivity contribution < 1.29 is 9.90 Å². The molecule has 3 heteroatoms. The van der Waals surface area contributed by atoms with E-state index in [1.165, 1.54) is 5.57 Å². The largest absolute Gasteiger partial charge is 0.393 e. The molecule has 2 N–H and O–H groups in total. The second-order valence-corrected chi connectivity index (χ2v) is 10.6. The summed E-state index contributed by atoms with van der Waals surface area (Å²) >= 11 is 0. The molecular formula is C28H41NO2. The number of benzene rings is 1. The van der Waals surface area contributed by atoms with Crippen LogP contribution >= 0.6 is 0 Å². The molecule has 0 saturated heterocycles. The van der Waals surface area contributed by atoms with E-state index in [4.69, 9.17) is 0 Å². The average Bonchev–Trinajstić information content (AvgIpc) is 2.71. The molecule has 3 nitrogen and oxygen atoms in total. The van der Waals surface area contributed by atoms with Gasteiger partial charge in [-0.25, -0.2) is 0 Å². The van der Waals surface area contributed by atoms with Crippen molar-refractivity contribution in [2.75, 3.05) is 5.32 Å². The summed E-state index contributed by atoms with van der Waals surface area (Å²) in [5, 5.41) is 13.7.